The van der Waals surface area contributed by atoms with Crippen LogP contribution in [-0.4, -0.2) is 12.7 Å². The van der Waals surface area contributed by atoms with Crippen molar-refractivity contribution in [2.45, 2.75) is 6.54 Å². The first-order valence-corrected chi connectivity index (χ1v) is 8.57. The van der Waals surface area contributed by atoms with Crippen molar-refractivity contribution in [3.8, 4) is 11.5 Å². The highest BCUT2D eigenvalue weighted by molar-refractivity contribution is 6.04. The summed E-state index contributed by atoms with van der Waals surface area (Å²) in [6.45, 7) is 0.834. The van der Waals surface area contributed by atoms with Crippen LogP contribution in [0.15, 0.2) is 60.7 Å². The second-order valence-electron chi connectivity index (χ2n) is 6.20. The molecule has 0 saturated heterocycles. The predicted molar refractivity (Wildman–Crippen MR) is 101 cm³/mol. The van der Waals surface area contributed by atoms with E-state index in [1.54, 1.807) is 12.1 Å². The molecule has 1 heterocycles. The predicted octanol–water partition coefficient (Wildman–Crippen LogP) is 4.56. The van der Waals surface area contributed by atoms with Gasteiger partial charge in [-0.1, -0.05) is 6.07 Å². The standard InChI is InChI=1S/C21H16F2N2O3/c22-17-7-2-14(10-18(17)23)21(26)25-16-5-3-15(4-6-16)24-11-13-1-8-19-20(9-13)28-12-27-19/h1-10,24H,11-12H2,(H,25,26). The molecule has 0 atom stereocenters. The zero-order chi connectivity index (χ0) is 19.5. The first kappa shape index (κ1) is 17.8. The molecular weight excluding hydrogens is 366 g/mol. The van der Waals surface area contributed by atoms with E-state index in [1.165, 1.54) is 6.07 Å². The van der Waals surface area contributed by atoms with Crippen LogP contribution in [0.1, 0.15) is 15.9 Å². The second kappa shape index (κ2) is 7.56. The van der Waals surface area contributed by atoms with Crippen LogP contribution in [0.25, 0.3) is 0 Å². The minimum atomic E-state index is -1.06. The molecule has 0 aromatic heterocycles. The molecule has 0 spiro atoms. The van der Waals surface area contributed by atoms with Crippen molar-refractivity contribution in [2.75, 3.05) is 17.4 Å². The van der Waals surface area contributed by atoms with Gasteiger partial charge in [0.2, 0.25) is 6.79 Å². The summed E-state index contributed by atoms with van der Waals surface area (Å²) in [6, 6.07) is 15.8. The van der Waals surface area contributed by atoms with E-state index in [0.29, 0.717) is 12.2 Å². The lowest BCUT2D eigenvalue weighted by molar-refractivity contribution is 0.102. The van der Waals surface area contributed by atoms with Crippen LogP contribution < -0.4 is 20.1 Å². The number of benzene rings is 3. The monoisotopic (exact) mass is 382 g/mol. The Hall–Kier alpha value is -3.61. The molecule has 0 unspecified atom stereocenters. The first-order chi connectivity index (χ1) is 13.6. The van der Waals surface area contributed by atoms with E-state index in [1.807, 2.05) is 30.3 Å². The zero-order valence-corrected chi connectivity index (χ0v) is 14.7. The van der Waals surface area contributed by atoms with E-state index >= 15 is 0 Å². The molecule has 2 N–H and O–H groups in total. The van der Waals surface area contributed by atoms with Gasteiger partial charge in [0.05, 0.1) is 0 Å². The molecule has 7 heteroatoms. The van der Waals surface area contributed by atoms with Crippen molar-refractivity contribution in [2.24, 2.45) is 0 Å². The van der Waals surface area contributed by atoms with Gasteiger partial charge in [-0.2, -0.15) is 0 Å². The van der Waals surface area contributed by atoms with Gasteiger partial charge in [-0.15, -0.1) is 0 Å². The van der Waals surface area contributed by atoms with E-state index in [2.05, 4.69) is 10.6 Å². The molecule has 0 radical (unpaired) electrons. The molecular formula is C21H16F2N2O3. The number of hydrogen-bond donors (Lipinski definition) is 2. The van der Waals surface area contributed by atoms with Gasteiger partial charge < -0.3 is 20.1 Å². The molecule has 1 aliphatic rings. The van der Waals surface area contributed by atoms with Crippen molar-refractivity contribution < 1.29 is 23.0 Å². The molecule has 0 fully saturated rings. The van der Waals surface area contributed by atoms with E-state index in [0.717, 1.165) is 34.9 Å². The van der Waals surface area contributed by atoms with Crippen LogP contribution in [-0.2, 0) is 6.54 Å². The van der Waals surface area contributed by atoms with Crippen molar-refractivity contribution in [1.82, 2.24) is 0 Å². The summed E-state index contributed by atoms with van der Waals surface area (Å²) < 4.78 is 36.9. The quantitative estimate of drug-likeness (QED) is 0.679. The summed E-state index contributed by atoms with van der Waals surface area (Å²) in [5.41, 5.74) is 2.50. The van der Waals surface area contributed by atoms with Crippen molar-refractivity contribution in [3.63, 3.8) is 0 Å². The Morgan fingerprint density at radius 1 is 0.857 bits per heavy atom. The Bertz CT molecular complexity index is 1020. The third kappa shape index (κ3) is 3.88. The van der Waals surface area contributed by atoms with Gasteiger partial charge in [0, 0.05) is 23.5 Å². The summed E-state index contributed by atoms with van der Waals surface area (Å²) in [5, 5.41) is 5.93. The van der Waals surface area contributed by atoms with Crippen molar-refractivity contribution >= 4 is 17.3 Å². The molecule has 1 aliphatic heterocycles. The van der Waals surface area contributed by atoms with Gasteiger partial charge in [-0.25, -0.2) is 8.78 Å². The third-order valence-electron chi connectivity index (χ3n) is 4.26. The van der Waals surface area contributed by atoms with Crippen LogP contribution in [0.3, 0.4) is 0 Å². The normalized spacial score (nSPS) is 11.9. The Morgan fingerprint density at radius 2 is 1.61 bits per heavy atom. The van der Waals surface area contributed by atoms with E-state index < -0.39 is 17.5 Å². The fourth-order valence-corrected chi connectivity index (χ4v) is 2.77. The van der Waals surface area contributed by atoms with Crippen LogP contribution in [0.5, 0.6) is 11.5 Å². The smallest absolute Gasteiger partial charge is 0.255 e. The fourth-order valence-electron chi connectivity index (χ4n) is 2.77. The lowest BCUT2D eigenvalue weighted by Crippen LogP contribution is -2.12. The van der Waals surface area contributed by atoms with Gasteiger partial charge in [-0.05, 0) is 60.2 Å². The minimum absolute atomic E-state index is 0.0453. The summed E-state index contributed by atoms with van der Waals surface area (Å²) in [7, 11) is 0. The zero-order valence-electron chi connectivity index (χ0n) is 14.7. The van der Waals surface area contributed by atoms with Gasteiger partial charge in [0.1, 0.15) is 0 Å². The highest BCUT2D eigenvalue weighted by Crippen LogP contribution is 2.32. The number of carbonyl (C=O) groups is 1. The Labute approximate surface area is 159 Å². The number of rotatable bonds is 5. The van der Waals surface area contributed by atoms with Gasteiger partial charge in [-0.3, -0.25) is 4.79 Å². The minimum Gasteiger partial charge on any atom is -0.454 e. The molecule has 0 saturated carbocycles. The van der Waals surface area contributed by atoms with E-state index in [-0.39, 0.29) is 12.4 Å². The first-order valence-electron chi connectivity index (χ1n) is 8.57. The number of nitrogens with one attached hydrogen (secondary N) is 2. The van der Waals surface area contributed by atoms with Crippen LogP contribution in [0, 0.1) is 11.6 Å². The molecule has 1 amide bonds. The van der Waals surface area contributed by atoms with Crippen LogP contribution >= 0.6 is 0 Å². The molecule has 5 nitrogen and oxygen atoms in total. The molecule has 3 aromatic rings. The van der Waals surface area contributed by atoms with Crippen LogP contribution in [0.4, 0.5) is 20.2 Å². The van der Waals surface area contributed by atoms with Gasteiger partial charge >= 0.3 is 0 Å². The Kier molecular flexibility index (Phi) is 4.80. The number of hydrogen-bond acceptors (Lipinski definition) is 4. The summed E-state index contributed by atoms with van der Waals surface area (Å²) in [5.74, 6) is -1.09. The molecule has 0 bridgehead atoms. The molecule has 3 aromatic carbocycles. The second-order valence-corrected chi connectivity index (χ2v) is 6.20. The Balaban J connectivity index is 1.35. The maximum Gasteiger partial charge on any atom is 0.255 e. The number of ether oxygens (including phenoxy) is 2. The number of fused-ring (bicyclic) bond motifs is 1. The highest BCUT2D eigenvalue weighted by Gasteiger charge is 2.13. The maximum absolute atomic E-state index is 13.3. The lowest BCUT2D eigenvalue weighted by Gasteiger charge is -2.09. The van der Waals surface area contributed by atoms with Crippen molar-refractivity contribution in [1.29, 1.82) is 0 Å². The molecule has 4 rings (SSSR count). The summed E-state index contributed by atoms with van der Waals surface area (Å²) in [4.78, 5) is 12.1. The number of carbonyl (C=O) groups excluding carboxylic acids is 1. The lowest BCUT2D eigenvalue weighted by atomic mass is 10.2. The van der Waals surface area contributed by atoms with E-state index in [4.69, 9.17) is 9.47 Å². The number of anilines is 2. The maximum atomic E-state index is 13.3. The highest BCUT2D eigenvalue weighted by atomic mass is 19.2. The van der Waals surface area contributed by atoms with Crippen LogP contribution in [0.2, 0.25) is 0 Å². The van der Waals surface area contributed by atoms with Crippen molar-refractivity contribution in [3.05, 3.63) is 83.4 Å². The fraction of sp³-hybridized carbons (Fsp3) is 0.0952. The SMILES string of the molecule is O=C(Nc1ccc(NCc2ccc3c(c2)OCO3)cc1)c1ccc(F)c(F)c1. The molecule has 142 valence electrons. The number of halogens is 2. The number of amides is 1. The van der Waals surface area contributed by atoms with E-state index in [9.17, 15) is 13.6 Å². The van der Waals surface area contributed by atoms with Gasteiger partial charge in [0.15, 0.2) is 23.1 Å². The molecule has 28 heavy (non-hydrogen) atoms. The van der Waals surface area contributed by atoms with Gasteiger partial charge in [0.25, 0.3) is 5.91 Å². The average Bonchev–Trinajstić information content (AvgIpc) is 3.17. The third-order valence-corrected chi connectivity index (χ3v) is 4.26. The Morgan fingerprint density at radius 3 is 2.39 bits per heavy atom. The molecule has 0 aliphatic carbocycles. The summed E-state index contributed by atoms with van der Waals surface area (Å²) in [6.07, 6.45) is 0. The topological polar surface area (TPSA) is 59.6 Å². The average molecular weight is 382 g/mol. The summed E-state index contributed by atoms with van der Waals surface area (Å²) >= 11 is 0. The largest absolute Gasteiger partial charge is 0.454 e.